The topological polar surface area (TPSA) is 75.7 Å². The number of anilines is 1. The van der Waals surface area contributed by atoms with Crippen molar-refractivity contribution in [1.29, 1.82) is 0 Å². The molecule has 1 aliphatic heterocycles. The van der Waals surface area contributed by atoms with Crippen molar-refractivity contribution in [3.05, 3.63) is 58.7 Å². The fourth-order valence-electron chi connectivity index (χ4n) is 4.21. The Labute approximate surface area is 192 Å². The van der Waals surface area contributed by atoms with Gasteiger partial charge in [-0.1, -0.05) is 24.3 Å². The van der Waals surface area contributed by atoms with Crippen LogP contribution in [0.25, 0.3) is 0 Å². The molecule has 2 aromatic carbocycles. The second kappa shape index (κ2) is 9.14. The molecule has 174 valence electrons. The first-order valence-electron chi connectivity index (χ1n) is 11.0. The number of aryl methyl sites for hydroxylation is 2. The molecule has 0 saturated carbocycles. The minimum atomic E-state index is -3.46. The van der Waals surface area contributed by atoms with Crippen molar-refractivity contribution < 1.29 is 17.9 Å². The number of carbonyl (C=O) groups excluding carboxylic acids is 1. The summed E-state index contributed by atoms with van der Waals surface area (Å²) in [7, 11) is -3.46. The molecule has 3 rings (SSSR count). The van der Waals surface area contributed by atoms with Crippen molar-refractivity contribution in [3.63, 3.8) is 0 Å². The molecule has 0 unspecified atom stereocenters. The van der Waals surface area contributed by atoms with Crippen molar-refractivity contribution >= 4 is 21.6 Å². The number of nitrogens with zero attached hydrogens (tertiary/aromatic N) is 1. The summed E-state index contributed by atoms with van der Waals surface area (Å²) in [5.74, 6) is 0.721. The molecular weight excluding hydrogens is 424 g/mol. The van der Waals surface area contributed by atoms with Crippen molar-refractivity contribution in [3.8, 4) is 5.75 Å². The predicted octanol–water partition coefficient (Wildman–Crippen LogP) is 4.58. The fourth-order valence-corrected chi connectivity index (χ4v) is 5.22. The summed E-state index contributed by atoms with van der Waals surface area (Å²) in [5, 5.41) is 3.14. The first kappa shape index (κ1) is 24.1. The molecule has 1 heterocycles. The molecule has 32 heavy (non-hydrogen) atoms. The Morgan fingerprint density at radius 3 is 2.59 bits per heavy atom. The van der Waals surface area contributed by atoms with E-state index in [0.29, 0.717) is 18.5 Å². The van der Waals surface area contributed by atoms with E-state index in [0.717, 1.165) is 28.0 Å². The first-order valence-corrected chi connectivity index (χ1v) is 12.8. The average Bonchev–Trinajstić information content (AvgIpc) is 2.65. The molecular formula is C25H34N2O4S. The van der Waals surface area contributed by atoms with E-state index in [4.69, 9.17) is 4.74 Å². The van der Waals surface area contributed by atoms with Gasteiger partial charge in [0.25, 0.3) is 0 Å². The lowest BCUT2D eigenvalue weighted by Crippen LogP contribution is -2.41. The molecule has 1 N–H and O–H groups in total. The van der Waals surface area contributed by atoms with E-state index in [1.807, 2.05) is 71.0 Å². The number of hydrogen-bond acceptors (Lipinski definition) is 4. The molecule has 7 heteroatoms. The van der Waals surface area contributed by atoms with Crippen LogP contribution in [-0.2, 0) is 14.8 Å². The zero-order valence-corrected chi connectivity index (χ0v) is 20.7. The predicted molar refractivity (Wildman–Crippen MR) is 129 cm³/mol. The number of benzene rings is 2. The number of carbonyl (C=O) groups is 1. The third-order valence-electron chi connectivity index (χ3n) is 5.97. The number of sulfonamides is 1. The smallest absolute Gasteiger partial charge is 0.232 e. The van der Waals surface area contributed by atoms with Crippen LogP contribution in [0.1, 0.15) is 61.4 Å². The standard InChI is InChI=1S/C25H34N2O4S/c1-17-12-13-20-21(16-25(4,5)31-23(20)15-17)26-24(28)11-8-14-27(32(6,29)30)22-10-7-9-18(2)19(22)3/h7,9-10,12-13,15,21H,8,11,14,16H2,1-6H3,(H,26,28)/t21-/m1/s1. The van der Waals surface area contributed by atoms with Crippen LogP contribution in [0.5, 0.6) is 5.75 Å². The number of fused-ring (bicyclic) bond motifs is 1. The highest BCUT2D eigenvalue weighted by molar-refractivity contribution is 7.92. The maximum Gasteiger partial charge on any atom is 0.232 e. The van der Waals surface area contributed by atoms with Gasteiger partial charge in [-0.15, -0.1) is 0 Å². The van der Waals surface area contributed by atoms with Gasteiger partial charge in [0.2, 0.25) is 15.9 Å². The van der Waals surface area contributed by atoms with Gasteiger partial charge in [-0.3, -0.25) is 9.10 Å². The molecule has 6 nitrogen and oxygen atoms in total. The highest BCUT2D eigenvalue weighted by Gasteiger charge is 2.34. The van der Waals surface area contributed by atoms with Gasteiger partial charge in [0.15, 0.2) is 0 Å². The van der Waals surface area contributed by atoms with E-state index in [1.165, 1.54) is 10.6 Å². The first-order chi connectivity index (χ1) is 14.9. The number of rotatable bonds is 7. The van der Waals surface area contributed by atoms with E-state index in [1.54, 1.807) is 0 Å². The molecule has 0 spiro atoms. The summed E-state index contributed by atoms with van der Waals surface area (Å²) in [6.07, 6.45) is 2.56. The summed E-state index contributed by atoms with van der Waals surface area (Å²) in [6, 6.07) is 11.5. The Balaban J connectivity index is 1.67. The van der Waals surface area contributed by atoms with E-state index in [2.05, 4.69) is 5.32 Å². The van der Waals surface area contributed by atoms with Gasteiger partial charge in [-0.05, 0) is 69.9 Å². The fraction of sp³-hybridized carbons (Fsp3) is 0.480. The summed E-state index contributed by atoms with van der Waals surface area (Å²) in [4.78, 5) is 12.8. The highest BCUT2D eigenvalue weighted by atomic mass is 32.2. The van der Waals surface area contributed by atoms with Crippen LogP contribution in [0, 0.1) is 20.8 Å². The van der Waals surface area contributed by atoms with Crippen LogP contribution >= 0.6 is 0 Å². The highest BCUT2D eigenvalue weighted by Crippen LogP contribution is 2.40. The average molecular weight is 459 g/mol. The van der Waals surface area contributed by atoms with Crippen LogP contribution < -0.4 is 14.4 Å². The van der Waals surface area contributed by atoms with E-state index in [-0.39, 0.29) is 30.5 Å². The molecule has 0 saturated heterocycles. The van der Waals surface area contributed by atoms with E-state index in [9.17, 15) is 13.2 Å². The van der Waals surface area contributed by atoms with Gasteiger partial charge in [0, 0.05) is 24.9 Å². The van der Waals surface area contributed by atoms with Crippen LogP contribution in [0.3, 0.4) is 0 Å². The molecule has 1 atom stereocenters. The van der Waals surface area contributed by atoms with Gasteiger partial charge in [-0.2, -0.15) is 0 Å². The van der Waals surface area contributed by atoms with E-state index < -0.39 is 10.0 Å². The minimum absolute atomic E-state index is 0.0892. The number of hydrogen-bond donors (Lipinski definition) is 1. The third-order valence-corrected chi connectivity index (χ3v) is 7.15. The third kappa shape index (κ3) is 5.63. The lowest BCUT2D eigenvalue weighted by atomic mass is 9.89. The lowest BCUT2D eigenvalue weighted by Gasteiger charge is -2.38. The Morgan fingerprint density at radius 2 is 1.91 bits per heavy atom. The van der Waals surface area contributed by atoms with Gasteiger partial charge in [0.05, 0.1) is 18.0 Å². The normalized spacial score (nSPS) is 17.2. The molecule has 0 aliphatic carbocycles. The van der Waals surface area contributed by atoms with Crippen molar-refractivity contribution in [2.75, 3.05) is 17.1 Å². The quantitative estimate of drug-likeness (QED) is 0.659. The molecule has 0 fully saturated rings. The largest absolute Gasteiger partial charge is 0.487 e. The molecule has 1 amide bonds. The number of nitrogens with one attached hydrogen (secondary N) is 1. The van der Waals surface area contributed by atoms with E-state index >= 15 is 0 Å². The van der Waals surface area contributed by atoms with Crippen molar-refractivity contribution in [2.45, 2.75) is 65.5 Å². The maximum atomic E-state index is 12.8. The Morgan fingerprint density at radius 1 is 1.19 bits per heavy atom. The monoisotopic (exact) mass is 458 g/mol. The second-order valence-corrected chi connectivity index (χ2v) is 11.3. The van der Waals surface area contributed by atoms with Gasteiger partial charge < -0.3 is 10.1 Å². The summed E-state index contributed by atoms with van der Waals surface area (Å²) < 4.78 is 32.4. The molecule has 0 bridgehead atoms. The molecule has 2 aromatic rings. The van der Waals surface area contributed by atoms with Crippen molar-refractivity contribution in [1.82, 2.24) is 5.32 Å². The van der Waals surface area contributed by atoms with Gasteiger partial charge in [-0.25, -0.2) is 8.42 Å². The van der Waals surface area contributed by atoms with Crippen LogP contribution in [0.15, 0.2) is 36.4 Å². The Bertz CT molecular complexity index is 1110. The van der Waals surface area contributed by atoms with Crippen molar-refractivity contribution in [2.24, 2.45) is 0 Å². The summed E-state index contributed by atoms with van der Waals surface area (Å²) >= 11 is 0. The lowest BCUT2D eigenvalue weighted by molar-refractivity contribution is -0.122. The van der Waals surface area contributed by atoms with Gasteiger partial charge in [0.1, 0.15) is 11.4 Å². The molecule has 0 radical (unpaired) electrons. The summed E-state index contributed by atoms with van der Waals surface area (Å²) in [5.41, 5.74) is 4.34. The number of ether oxygens (including phenoxy) is 1. The van der Waals surface area contributed by atoms with Crippen LogP contribution in [0.2, 0.25) is 0 Å². The second-order valence-electron chi connectivity index (χ2n) is 9.38. The van der Waals surface area contributed by atoms with Gasteiger partial charge >= 0.3 is 0 Å². The SMILES string of the molecule is Cc1ccc2c(c1)OC(C)(C)C[C@H]2NC(=O)CCCN(c1cccc(C)c1C)S(C)(=O)=O. The molecule has 0 aromatic heterocycles. The minimum Gasteiger partial charge on any atom is -0.487 e. The zero-order valence-electron chi connectivity index (χ0n) is 19.9. The maximum absolute atomic E-state index is 12.8. The van der Waals surface area contributed by atoms with Crippen LogP contribution in [-0.4, -0.2) is 32.7 Å². The summed E-state index contributed by atoms with van der Waals surface area (Å²) in [6.45, 7) is 10.2. The zero-order chi connectivity index (χ0) is 23.7. The Kier molecular flexibility index (Phi) is 6.89. The molecule has 1 aliphatic rings. The Hall–Kier alpha value is -2.54. The number of amides is 1. The van der Waals surface area contributed by atoms with Crippen LogP contribution in [0.4, 0.5) is 5.69 Å².